The van der Waals surface area contributed by atoms with E-state index in [0.717, 1.165) is 30.6 Å². The van der Waals surface area contributed by atoms with Crippen LogP contribution in [0.1, 0.15) is 30.9 Å². The fraction of sp³-hybridized carbons (Fsp3) is 0.353. The van der Waals surface area contributed by atoms with E-state index in [0.29, 0.717) is 11.8 Å². The first-order valence-electron chi connectivity index (χ1n) is 7.61. The van der Waals surface area contributed by atoms with Crippen LogP contribution < -0.4 is 15.4 Å². The second-order valence-corrected chi connectivity index (χ2v) is 5.17. The van der Waals surface area contributed by atoms with Crippen LogP contribution in [0.15, 0.2) is 24.3 Å². The number of methoxy groups -OCH3 is 1. The summed E-state index contributed by atoms with van der Waals surface area (Å²) in [6.07, 6.45) is 2.10. The maximum atomic E-state index is 9.40. The Kier molecular flexibility index (Phi) is 5.75. The lowest BCUT2D eigenvalue weighted by Gasteiger charge is -2.13. The van der Waals surface area contributed by atoms with Gasteiger partial charge in [0.15, 0.2) is 11.4 Å². The van der Waals surface area contributed by atoms with E-state index in [1.807, 2.05) is 31.2 Å². The average Bonchev–Trinajstić information content (AvgIpc) is 2.54. The summed E-state index contributed by atoms with van der Waals surface area (Å²) in [6, 6.07) is 9.97. The van der Waals surface area contributed by atoms with Crippen molar-refractivity contribution in [3.8, 4) is 11.9 Å². The van der Waals surface area contributed by atoms with Crippen molar-refractivity contribution in [3.63, 3.8) is 0 Å². The number of unbranched alkanes of at least 4 members (excludes halogenated alkanes) is 1. The van der Waals surface area contributed by atoms with Crippen LogP contribution in [0.2, 0.25) is 0 Å². The largest absolute Gasteiger partial charge is 0.480 e. The number of nitrogens with one attached hydrogen (secondary N) is 2. The molecule has 0 spiro atoms. The Morgan fingerprint density at radius 1 is 1.30 bits per heavy atom. The van der Waals surface area contributed by atoms with Gasteiger partial charge in [-0.2, -0.15) is 15.2 Å². The fourth-order valence-corrected chi connectivity index (χ4v) is 2.09. The number of rotatable bonds is 7. The highest BCUT2D eigenvalue weighted by Crippen LogP contribution is 2.27. The van der Waals surface area contributed by atoms with Crippen molar-refractivity contribution in [2.75, 3.05) is 24.3 Å². The molecule has 0 unspecified atom stereocenters. The molecule has 1 aromatic heterocycles. The summed E-state index contributed by atoms with van der Waals surface area (Å²) >= 11 is 0. The second kappa shape index (κ2) is 7.99. The van der Waals surface area contributed by atoms with Gasteiger partial charge in [-0.1, -0.05) is 25.5 Å². The molecule has 120 valence electrons. The molecule has 0 bridgehead atoms. The Morgan fingerprint density at radius 3 is 2.78 bits per heavy atom. The first-order valence-corrected chi connectivity index (χ1v) is 7.61. The van der Waals surface area contributed by atoms with Crippen molar-refractivity contribution in [3.05, 3.63) is 35.4 Å². The highest BCUT2D eigenvalue weighted by molar-refractivity contribution is 5.67. The van der Waals surface area contributed by atoms with E-state index >= 15 is 0 Å². The van der Waals surface area contributed by atoms with Crippen molar-refractivity contribution >= 4 is 17.5 Å². The van der Waals surface area contributed by atoms with Gasteiger partial charge < -0.3 is 15.4 Å². The van der Waals surface area contributed by atoms with E-state index in [-0.39, 0.29) is 11.4 Å². The van der Waals surface area contributed by atoms with E-state index in [1.54, 1.807) is 0 Å². The van der Waals surface area contributed by atoms with Gasteiger partial charge in [-0.05, 0) is 31.0 Å². The summed E-state index contributed by atoms with van der Waals surface area (Å²) < 4.78 is 5.23. The topological polar surface area (TPSA) is 82.9 Å². The minimum atomic E-state index is 0.261. The van der Waals surface area contributed by atoms with Gasteiger partial charge in [0.2, 0.25) is 11.8 Å². The summed E-state index contributed by atoms with van der Waals surface area (Å²) in [7, 11) is 1.50. The van der Waals surface area contributed by atoms with E-state index in [9.17, 15) is 5.26 Å². The number of aromatic nitrogens is 2. The molecule has 1 heterocycles. The van der Waals surface area contributed by atoms with Gasteiger partial charge in [0.05, 0.1) is 7.11 Å². The third-order valence-corrected chi connectivity index (χ3v) is 3.28. The number of anilines is 3. The van der Waals surface area contributed by atoms with Crippen LogP contribution in [0.5, 0.6) is 5.88 Å². The molecule has 1 aromatic carbocycles. The van der Waals surface area contributed by atoms with Crippen LogP contribution in [0, 0.1) is 18.3 Å². The van der Waals surface area contributed by atoms with E-state index in [4.69, 9.17) is 4.74 Å². The smallest absolute Gasteiger partial charge is 0.238 e. The average molecular weight is 311 g/mol. The van der Waals surface area contributed by atoms with Gasteiger partial charge in [0.25, 0.3) is 0 Å². The highest BCUT2D eigenvalue weighted by atomic mass is 16.5. The third kappa shape index (κ3) is 4.33. The second-order valence-electron chi connectivity index (χ2n) is 5.17. The van der Waals surface area contributed by atoms with Crippen molar-refractivity contribution in [1.29, 1.82) is 5.26 Å². The molecule has 0 saturated carbocycles. The van der Waals surface area contributed by atoms with Gasteiger partial charge in [-0.25, -0.2) is 0 Å². The molecule has 23 heavy (non-hydrogen) atoms. The number of aryl methyl sites for hydroxylation is 1. The van der Waals surface area contributed by atoms with E-state index in [1.165, 1.54) is 7.11 Å². The first-order chi connectivity index (χ1) is 11.2. The fourth-order valence-electron chi connectivity index (χ4n) is 2.09. The summed E-state index contributed by atoms with van der Waals surface area (Å²) in [4.78, 5) is 8.66. The van der Waals surface area contributed by atoms with E-state index in [2.05, 4.69) is 33.6 Å². The minimum Gasteiger partial charge on any atom is -0.480 e. The van der Waals surface area contributed by atoms with Gasteiger partial charge in [0, 0.05) is 12.2 Å². The molecule has 0 saturated heterocycles. The number of hydrogen-bond donors (Lipinski definition) is 2. The molecule has 0 aliphatic rings. The maximum Gasteiger partial charge on any atom is 0.238 e. The molecule has 2 N–H and O–H groups in total. The molecular weight excluding hydrogens is 290 g/mol. The summed E-state index contributed by atoms with van der Waals surface area (Å²) in [5.41, 5.74) is 2.27. The summed E-state index contributed by atoms with van der Waals surface area (Å²) in [6.45, 7) is 4.90. The molecule has 0 fully saturated rings. The Hall–Kier alpha value is -2.81. The molecule has 6 heteroatoms. The molecule has 0 atom stereocenters. The SMILES string of the molecule is CCCCNc1nc(Nc2cccc(C)c2)c(C#N)c(OC)n1. The zero-order chi connectivity index (χ0) is 16.7. The van der Waals surface area contributed by atoms with Crippen molar-refractivity contribution in [1.82, 2.24) is 9.97 Å². The van der Waals surface area contributed by atoms with Crippen molar-refractivity contribution in [2.45, 2.75) is 26.7 Å². The van der Waals surface area contributed by atoms with Gasteiger partial charge in [-0.15, -0.1) is 0 Å². The Labute approximate surface area is 136 Å². The molecule has 0 radical (unpaired) electrons. The number of nitriles is 1. The molecule has 2 rings (SSSR count). The molecule has 0 aliphatic carbocycles. The lowest BCUT2D eigenvalue weighted by Crippen LogP contribution is -2.09. The molecular formula is C17H21N5O. The van der Waals surface area contributed by atoms with Crippen LogP contribution in [-0.2, 0) is 0 Å². The molecule has 2 aromatic rings. The molecule has 6 nitrogen and oxygen atoms in total. The monoisotopic (exact) mass is 311 g/mol. The number of benzene rings is 1. The quantitative estimate of drug-likeness (QED) is 0.760. The molecule has 0 amide bonds. The first kappa shape index (κ1) is 16.6. The Balaban J connectivity index is 2.34. The Morgan fingerprint density at radius 2 is 2.13 bits per heavy atom. The zero-order valence-corrected chi connectivity index (χ0v) is 13.7. The van der Waals surface area contributed by atoms with Crippen LogP contribution in [-0.4, -0.2) is 23.6 Å². The number of nitrogens with zero attached hydrogens (tertiary/aromatic N) is 3. The number of hydrogen-bond acceptors (Lipinski definition) is 6. The lowest BCUT2D eigenvalue weighted by molar-refractivity contribution is 0.396. The lowest BCUT2D eigenvalue weighted by atomic mass is 10.2. The maximum absolute atomic E-state index is 9.40. The van der Waals surface area contributed by atoms with Crippen molar-refractivity contribution < 1.29 is 4.74 Å². The number of ether oxygens (including phenoxy) is 1. The van der Waals surface area contributed by atoms with Gasteiger partial charge in [-0.3, -0.25) is 0 Å². The van der Waals surface area contributed by atoms with Gasteiger partial charge in [0.1, 0.15) is 6.07 Å². The highest BCUT2D eigenvalue weighted by Gasteiger charge is 2.15. The van der Waals surface area contributed by atoms with Crippen LogP contribution in [0.3, 0.4) is 0 Å². The summed E-state index contributed by atoms with van der Waals surface area (Å²) in [5, 5.41) is 15.7. The minimum absolute atomic E-state index is 0.261. The van der Waals surface area contributed by atoms with Gasteiger partial charge >= 0.3 is 0 Å². The van der Waals surface area contributed by atoms with Crippen LogP contribution in [0.4, 0.5) is 17.5 Å². The summed E-state index contributed by atoms with van der Waals surface area (Å²) in [5.74, 6) is 1.14. The Bertz CT molecular complexity index is 709. The normalized spacial score (nSPS) is 10.0. The predicted molar refractivity (Wildman–Crippen MR) is 91.2 cm³/mol. The zero-order valence-electron chi connectivity index (χ0n) is 13.7. The van der Waals surface area contributed by atoms with Crippen LogP contribution in [0.25, 0.3) is 0 Å². The molecule has 0 aliphatic heterocycles. The third-order valence-electron chi connectivity index (χ3n) is 3.28. The predicted octanol–water partition coefficient (Wildman–Crippen LogP) is 3.62. The van der Waals surface area contributed by atoms with Crippen LogP contribution >= 0.6 is 0 Å². The standard InChI is InChI=1S/C17H21N5O/c1-4-5-9-19-17-21-15(14(11-18)16(22-17)23-3)20-13-8-6-7-12(2)10-13/h6-8,10H,4-5,9H2,1-3H3,(H2,19,20,21,22). The van der Waals surface area contributed by atoms with E-state index < -0.39 is 0 Å². The van der Waals surface area contributed by atoms with Crippen molar-refractivity contribution in [2.24, 2.45) is 0 Å².